The highest BCUT2D eigenvalue weighted by molar-refractivity contribution is 6.28. The average molecular weight is 254 g/mol. The molecule has 4 N–H and O–H groups in total. The van der Waals surface area contributed by atoms with Gasteiger partial charge in [-0.1, -0.05) is 20.8 Å². The van der Waals surface area contributed by atoms with Crippen molar-refractivity contribution in [3.8, 4) is 0 Å². The van der Waals surface area contributed by atoms with Gasteiger partial charge in [0, 0.05) is 23.4 Å². The van der Waals surface area contributed by atoms with Crippen LogP contribution in [0.1, 0.15) is 20.8 Å². The third-order valence-corrected chi connectivity index (χ3v) is 2.21. The molecule has 17 heavy (non-hydrogen) atoms. The van der Waals surface area contributed by atoms with Gasteiger partial charge in [-0.05, 0) is 17.7 Å². The molecule has 0 aliphatic carbocycles. The first-order valence-electron chi connectivity index (χ1n) is 5.09. The van der Waals surface area contributed by atoms with Gasteiger partial charge in [-0.25, -0.2) is 9.98 Å². The van der Waals surface area contributed by atoms with E-state index in [1.54, 1.807) is 12.1 Å². The van der Waals surface area contributed by atoms with Crippen LogP contribution in [0.15, 0.2) is 29.0 Å². The predicted octanol–water partition coefficient (Wildman–Crippen LogP) is 2.01. The Morgan fingerprint density at radius 3 is 2.59 bits per heavy atom. The van der Waals surface area contributed by atoms with E-state index in [0.29, 0.717) is 11.5 Å². The normalized spacial score (nSPS) is 13.9. The van der Waals surface area contributed by atoms with Gasteiger partial charge in [0.2, 0.25) is 5.28 Å². The molecule has 0 saturated carbocycles. The highest BCUT2D eigenvalue weighted by Gasteiger charge is 2.13. The zero-order valence-electron chi connectivity index (χ0n) is 10.1. The van der Waals surface area contributed by atoms with Crippen LogP contribution in [0.5, 0.6) is 0 Å². The number of nitrogens with two attached hydrogens (primary N) is 2. The molecule has 1 heterocycles. The van der Waals surface area contributed by atoms with Crippen molar-refractivity contribution in [2.45, 2.75) is 20.8 Å². The Morgan fingerprint density at radius 2 is 2.06 bits per heavy atom. The van der Waals surface area contributed by atoms with Gasteiger partial charge in [0.15, 0.2) is 5.82 Å². The molecule has 0 amide bonds. The van der Waals surface area contributed by atoms with E-state index < -0.39 is 0 Å². The van der Waals surface area contributed by atoms with Crippen molar-refractivity contribution < 1.29 is 0 Å². The fourth-order valence-electron chi connectivity index (χ4n) is 0.929. The van der Waals surface area contributed by atoms with Crippen LogP contribution in [-0.2, 0) is 0 Å². The van der Waals surface area contributed by atoms with Crippen LogP contribution in [0, 0.1) is 5.41 Å². The lowest BCUT2D eigenvalue weighted by atomic mass is 9.92. The van der Waals surface area contributed by atoms with Crippen molar-refractivity contribution in [3.05, 3.63) is 29.3 Å². The van der Waals surface area contributed by atoms with Gasteiger partial charge in [-0.15, -0.1) is 0 Å². The molecule has 0 spiro atoms. The molecule has 6 heteroatoms. The summed E-state index contributed by atoms with van der Waals surface area (Å²) in [5, 5.41) is 0.131. The molecule has 0 aliphatic heterocycles. The Hall–Kier alpha value is -1.62. The maximum absolute atomic E-state index is 5.88. The van der Waals surface area contributed by atoms with Gasteiger partial charge in [-0.2, -0.15) is 4.98 Å². The third-order valence-electron chi connectivity index (χ3n) is 2.02. The van der Waals surface area contributed by atoms with Crippen molar-refractivity contribution in [1.82, 2.24) is 9.97 Å². The third kappa shape index (κ3) is 4.40. The molecule has 0 aliphatic rings. The summed E-state index contributed by atoms with van der Waals surface area (Å²) in [5.74, 6) is 0.688. The second kappa shape index (κ2) is 5.14. The number of rotatable bonds is 2. The monoisotopic (exact) mass is 253 g/mol. The van der Waals surface area contributed by atoms with Crippen molar-refractivity contribution in [3.63, 3.8) is 0 Å². The standard InChI is InChI=1S/C11H16ClN5/c1-11(2,3)7(13)6-8(14)16-9-4-5-15-10(12)17-9/h4-6H,13H2,1-3H3,(H2,14,15,16,17)/b7-6-. The lowest BCUT2D eigenvalue weighted by molar-refractivity contribution is 0.498. The summed E-state index contributed by atoms with van der Waals surface area (Å²) < 4.78 is 0. The first kappa shape index (κ1) is 13.4. The lowest BCUT2D eigenvalue weighted by Crippen LogP contribution is -2.20. The minimum atomic E-state index is -0.149. The number of hydrogen-bond donors (Lipinski definition) is 2. The van der Waals surface area contributed by atoms with Crippen LogP contribution < -0.4 is 11.5 Å². The molecular weight excluding hydrogens is 238 g/mol. The number of halogens is 1. The van der Waals surface area contributed by atoms with Crippen LogP contribution in [0.4, 0.5) is 5.82 Å². The Morgan fingerprint density at radius 1 is 1.41 bits per heavy atom. The summed E-state index contributed by atoms with van der Waals surface area (Å²) in [6.07, 6.45) is 3.13. The number of aliphatic imine (C=N–C) groups is 1. The largest absolute Gasteiger partial charge is 0.401 e. The van der Waals surface area contributed by atoms with E-state index in [1.165, 1.54) is 6.20 Å². The van der Waals surface area contributed by atoms with Crippen molar-refractivity contribution in [1.29, 1.82) is 0 Å². The lowest BCUT2D eigenvalue weighted by Gasteiger charge is -2.18. The van der Waals surface area contributed by atoms with Crippen LogP contribution in [0.2, 0.25) is 5.28 Å². The van der Waals surface area contributed by atoms with Crippen LogP contribution >= 0.6 is 11.6 Å². The second-order valence-electron chi connectivity index (χ2n) is 4.57. The van der Waals surface area contributed by atoms with Crippen LogP contribution in [0.25, 0.3) is 0 Å². The number of aromatic nitrogens is 2. The van der Waals surface area contributed by atoms with Crippen LogP contribution in [0.3, 0.4) is 0 Å². The predicted molar refractivity (Wildman–Crippen MR) is 70.0 cm³/mol. The Balaban J connectivity index is 2.94. The fraction of sp³-hybridized carbons (Fsp3) is 0.364. The van der Waals surface area contributed by atoms with Gasteiger partial charge in [0.25, 0.3) is 0 Å². The van der Waals surface area contributed by atoms with Gasteiger partial charge < -0.3 is 11.5 Å². The SMILES string of the molecule is CC(C)(C)/C(N)=C/C(N)=Nc1ccnc(Cl)n1. The number of hydrogen-bond acceptors (Lipinski definition) is 4. The molecule has 0 unspecified atom stereocenters. The summed E-state index contributed by atoms with van der Waals surface area (Å²) in [5.41, 5.74) is 12.1. The van der Waals surface area contributed by atoms with E-state index in [0.717, 1.165) is 0 Å². The maximum atomic E-state index is 5.88. The highest BCUT2D eigenvalue weighted by Crippen LogP contribution is 2.20. The van der Waals surface area contributed by atoms with Crippen molar-refractivity contribution >= 4 is 23.3 Å². The van der Waals surface area contributed by atoms with Gasteiger partial charge in [0.1, 0.15) is 5.84 Å². The zero-order valence-corrected chi connectivity index (χ0v) is 10.9. The molecule has 1 aromatic heterocycles. The summed E-state index contributed by atoms with van der Waals surface area (Å²) in [6, 6.07) is 1.61. The molecule has 92 valence electrons. The summed E-state index contributed by atoms with van der Waals surface area (Å²) in [6.45, 7) is 5.98. The minimum Gasteiger partial charge on any atom is -0.401 e. The van der Waals surface area contributed by atoms with E-state index in [-0.39, 0.29) is 16.5 Å². The summed E-state index contributed by atoms with van der Waals surface area (Å²) in [7, 11) is 0. The molecule has 0 bridgehead atoms. The molecule has 0 saturated heterocycles. The number of nitrogens with zero attached hydrogens (tertiary/aromatic N) is 3. The number of amidine groups is 1. The topological polar surface area (TPSA) is 90.2 Å². The van der Waals surface area contributed by atoms with E-state index in [2.05, 4.69) is 15.0 Å². The van der Waals surface area contributed by atoms with E-state index in [9.17, 15) is 0 Å². The van der Waals surface area contributed by atoms with Gasteiger partial charge in [-0.3, -0.25) is 0 Å². The molecule has 0 fully saturated rings. The smallest absolute Gasteiger partial charge is 0.224 e. The molecule has 0 radical (unpaired) electrons. The first-order chi connectivity index (χ1) is 7.79. The first-order valence-corrected chi connectivity index (χ1v) is 5.47. The maximum Gasteiger partial charge on any atom is 0.224 e. The molecule has 0 atom stereocenters. The van der Waals surface area contributed by atoms with Crippen molar-refractivity contribution in [2.24, 2.45) is 21.9 Å². The summed E-state index contributed by atoms with van der Waals surface area (Å²) >= 11 is 5.63. The zero-order chi connectivity index (χ0) is 13.1. The minimum absolute atomic E-state index is 0.131. The summed E-state index contributed by atoms with van der Waals surface area (Å²) in [4.78, 5) is 11.7. The van der Waals surface area contributed by atoms with E-state index >= 15 is 0 Å². The molecule has 1 rings (SSSR count). The average Bonchev–Trinajstić information content (AvgIpc) is 2.15. The van der Waals surface area contributed by atoms with Crippen LogP contribution in [-0.4, -0.2) is 15.8 Å². The molecule has 0 aromatic carbocycles. The number of allylic oxidation sites excluding steroid dienone is 1. The van der Waals surface area contributed by atoms with E-state index in [1.807, 2.05) is 20.8 Å². The Labute approximate surface area is 106 Å². The quantitative estimate of drug-likeness (QED) is 0.479. The Kier molecular flexibility index (Phi) is 4.07. The van der Waals surface area contributed by atoms with Gasteiger partial charge >= 0.3 is 0 Å². The van der Waals surface area contributed by atoms with Crippen molar-refractivity contribution in [2.75, 3.05) is 0 Å². The Bertz CT molecular complexity index is 459. The second-order valence-corrected chi connectivity index (χ2v) is 4.91. The molecular formula is C11H16ClN5. The van der Waals surface area contributed by atoms with E-state index in [4.69, 9.17) is 23.1 Å². The molecule has 5 nitrogen and oxygen atoms in total. The fourth-order valence-corrected chi connectivity index (χ4v) is 1.07. The van der Waals surface area contributed by atoms with Gasteiger partial charge in [0.05, 0.1) is 0 Å². The molecule has 1 aromatic rings. The highest BCUT2D eigenvalue weighted by atomic mass is 35.5.